The molecule has 0 spiro atoms. The van der Waals surface area contributed by atoms with Crippen molar-refractivity contribution >= 4 is 44.4 Å². The molecule has 0 saturated heterocycles. The molecule has 3 N–H and O–H groups in total. The van der Waals surface area contributed by atoms with Gasteiger partial charge in [0, 0.05) is 22.3 Å². The van der Waals surface area contributed by atoms with E-state index in [-0.39, 0.29) is 11.0 Å². The number of allylic oxidation sites excluding steroid dienone is 2. The Bertz CT molecular complexity index is 767. The van der Waals surface area contributed by atoms with Gasteiger partial charge in [-0.1, -0.05) is 23.9 Å². The number of rotatable bonds is 5. The molecule has 0 unspecified atom stereocenters. The highest BCUT2D eigenvalue weighted by Gasteiger charge is 2.30. The number of halogens is 1. The highest BCUT2D eigenvalue weighted by molar-refractivity contribution is 9.12. The third kappa shape index (κ3) is 3.96. The van der Waals surface area contributed by atoms with Gasteiger partial charge in [0.15, 0.2) is 0 Å². The lowest BCUT2D eigenvalue weighted by molar-refractivity contribution is -0.116. The Kier molecular flexibility index (Phi) is 6.01. The van der Waals surface area contributed by atoms with Crippen LogP contribution < -0.4 is 10.1 Å². The van der Waals surface area contributed by atoms with E-state index < -0.39 is 0 Å². The lowest BCUT2D eigenvalue weighted by Gasteiger charge is -2.07. The predicted octanol–water partition coefficient (Wildman–Crippen LogP) is 4.00. The second kappa shape index (κ2) is 7.81. The summed E-state index contributed by atoms with van der Waals surface area (Å²) in [4.78, 5) is 12.9. The molecule has 0 saturated carbocycles. The molecule has 0 aromatic heterocycles. The number of amides is 1. The Morgan fingerprint density at radius 1 is 1.29 bits per heavy atom. The third-order valence-electron chi connectivity index (χ3n) is 3.61. The van der Waals surface area contributed by atoms with Crippen LogP contribution in [0.25, 0.3) is 0 Å². The summed E-state index contributed by atoms with van der Waals surface area (Å²) in [5.41, 5.74) is 2.65. The molecule has 1 aliphatic rings. The highest BCUT2D eigenvalue weighted by Crippen LogP contribution is 2.42. The highest BCUT2D eigenvalue weighted by atomic mass is 79.9. The van der Waals surface area contributed by atoms with Gasteiger partial charge in [-0.3, -0.25) is 10.2 Å². The van der Waals surface area contributed by atoms with Gasteiger partial charge in [-0.05, 0) is 53.0 Å². The minimum absolute atomic E-state index is 0.238. The van der Waals surface area contributed by atoms with Crippen molar-refractivity contribution in [1.29, 1.82) is 10.8 Å². The zero-order valence-corrected chi connectivity index (χ0v) is 16.0. The Morgan fingerprint density at radius 3 is 2.46 bits per heavy atom. The first-order valence-electron chi connectivity index (χ1n) is 7.19. The Morgan fingerprint density at radius 2 is 1.92 bits per heavy atom. The van der Waals surface area contributed by atoms with Crippen molar-refractivity contribution < 1.29 is 9.53 Å². The molecule has 0 bridgehead atoms. The van der Waals surface area contributed by atoms with Crippen LogP contribution in [0.4, 0.5) is 0 Å². The molecule has 0 atom stereocenters. The van der Waals surface area contributed by atoms with E-state index in [0.717, 1.165) is 23.1 Å². The normalized spacial score (nSPS) is 16.2. The van der Waals surface area contributed by atoms with E-state index in [4.69, 9.17) is 15.6 Å². The topological polar surface area (TPSA) is 86.0 Å². The molecule has 126 valence electrons. The van der Waals surface area contributed by atoms with E-state index >= 15 is 0 Å². The Hall–Kier alpha value is -1.86. The van der Waals surface area contributed by atoms with Crippen molar-refractivity contribution in [1.82, 2.24) is 5.32 Å². The standard InChI is InChI=1S/C17H18BrN3O2S/c1-9(10(2)19)13-14(18)15(24-16(13)20)17(22)21-8-11-4-6-12(23-3)7-5-11/h4-7,19-20H,8H2,1-3H3,(H,21,22)/b13-9-,19-10?,20-16?. The minimum atomic E-state index is -0.238. The van der Waals surface area contributed by atoms with Gasteiger partial charge >= 0.3 is 0 Å². The molecule has 2 rings (SSSR count). The van der Waals surface area contributed by atoms with Gasteiger partial charge in [-0.25, -0.2) is 0 Å². The molecule has 0 radical (unpaired) electrons. The van der Waals surface area contributed by atoms with Gasteiger partial charge in [0.2, 0.25) is 0 Å². The van der Waals surface area contributed by atoms with Gasteiger partial charge in [0.05, 0.1) is 12.0 Å². The van der Waals surface area contributed by atoms with Crippen LogP contribution in [0, 0.1) is 10.8 Å². The summed E-state index contributed by atoms with van der Waals surface area (Å²) in [5, 5.41) is 18.9. The van der Waals surface area contributed by atoms with Crippen molar-refractivity contribution in [2.75, 3.05) is 7.11 Å². The SMILES string of the molecule is COc1ccc(CNC(=O)C2=C(Br)/C(=C(\C)C(C)=N)C(=N)S2)cc1. The van der Waals surface area contributed by atoms with Crippen LogP contribution in [0.5, 0.6) is 5.75 Å². The first kappa shape index (κ1) is 18.5. The quantitative estimate of drug-likeness (QED) is 0.644. The second-order valence-electron chi connectivity index (χ2n) is 5.23. The van der Waals surface area contributed by atoms with E-state index in [9.17, 15) is 4.79 Å². The third-order valence-corrected chi connectivity index (χ3v) is 5.66. The fourth-order valence-corrected chi connectivity index (χ4v) is 4.05. The molecule has 1 aliphatic heterocycles. The predicted molar refractivity (Wildman–Crippen MR) is 102 cm³/mol. The lowest BCUT2D eigenvalue weighted by Crippen LogP contribution is -2.23. The van der Waals surface area contributed by atoms with E-state index in [1.54, 1.807) is 21.0 Å². The van der Waals surface area contributed by atoms with Crippen molar-refractivity contribution in [3.8, 4) is 5.75 Å². The van der Waals surface area contributed by atoms with Crippen LogP contribution in [0.2, 0.25) is 0 Å². The second-order valence-corrected chi connectivity index (χ2v) is 7.04. The fraction of sp³-hybridized carbons (Fsp3) is 0.235. The van der Waals surface area contributed by atoms with Crippen molar-refractivity contribution in [3.63, 3.8) is 0 Å². The average molecular weight is 408 g/mol. The molecular weight excluding hydrogens is 390 g/mol. The summed E-state index contributed by atoms with van der Waals surface area (Å²) in [6.45, 7) is 3.84. The van der Waals surface area contributed by atoms with Gasteiger partial charge in [-0.15, -0.1) is 0 Å². The first-order valence-corrected chi connectivity index (χ1v) is 8.80. The molecular formula is C17H18BrN3O2S. The van der Waals surface area contributed by atoms with Crippen LogP contribution in [0.3, 0.4) is 0 Å². The van der Waals surface area contributed by atoms with Crippen molar-refractivity contribution in [3.05, 3.63) is 50.4 Å². The monoisotopic (exact) mass is 407 g/mol. The molecule has 1 amide bonds. The largest absolute Gasteiger partial charge is 0.497 e. The number of hydrogen-bond donors (Lipinski definition) is 3. The maximum atomic E-state index is 12.4. The van der Waals surface area contributed by atoms with Gasteiger partial charge in [-0.2, -0.15) is 0 Å². The minimum Gasteiger partial charge on any atom is -0.497 e. The molecule has 1 aromatic carbocycles. The lowest BCUT2D eigenvalue weighted by atomic mass is 10.1. The molecule has 1 aromatic rings. The summed E-state index contributed by atoms with van der Waals surface area (Å²) < 4.78 is 5.68. The molecule has 7 heteroatoms. The van der Waals surface area contributed by atoms with E-state index in [1.807, 2.05) is 24.3 Å². The summed E-state index contributed by atoms with van der Waals surface area (Å²) in [6.07, 6.45) is 0. The van der Waals surface area contributed by atoms with Crippen LogP contribution in [-0.2, 0) is 11.3 Å². The maximum absolute atomic E-state index is 12.4. The number of methoxy groups -OCH3 is 1. The van der Waals surface area contributed by atoms with Crippen LogP contribution >= 0.6 is 27.7 Å². The summed E-state index contributed by atoms with van der Waals surface area (Å²) in [6, 6.07) is 7.46. The van der Waals surface area contributed by atoms with Crippen LogP contribution in [0.15, 0.2) is 44.8 Å². The zero-order valence-electron chi connectivity index (χ0n) is 13.6. The number of carbonyl (C=O) groups is 1. The summed E-state index contributed by atoms with van der Waals surface area (Å²) in [5.74, 6) is 0.528. The number of hydrogen-bond acceptors (Lipinski definition) is 5. The van der Waals surface area contributed by atoms with Gasteiger partial charge < -0.3 is 15.5 Å². The Labute approximate surface area is 153 Å². The molecule has 5 nitrogen and oxygen atoms in total. The number of ether oxygens (including phenoxy) is 1. The number of carbonyl (C=O) groups excluding carboxylic acids is 1. The molecule has 0 fully saturated rings. The van der Waals surface area contributed by atoms with E-state index in [1.165, 1.54) is 0 Å². The number of thioether (sulfide) groups is 1. The summed E-state index contributed by atoms with van der Waals surface area (Å²) >= 11 is 4.52. The van der Waals surface area contributed by atoms with Gasteiger partial charge in [0.25, 0.3) is 5.91 Å². The fourth-order valence-electron chi connectivity index (χ4n) is 2.09. The molecule has 0 aliphatic carbocycles. The molecule has 1 heterocycles. The smallest absolute Gasteiger partial charge is 0.259 e. The molecule has 24 heavy (non-hydrogen) atoms. The maximum Gasteiger partial charge on any atom is 0.259 e. The Balaban J connectivity index is 2.13. The van der Waals surface area contributed by atoms with Crippen LogP contribution in [-0.4, -0.2) is 23.8 Å². The summed E-state index contributed by atoms with van der Waals surface area (Å²) in [7, 11) is 1.61. The van der Waals surface area contributed by atoms with E-state index in [0.29, 0.717) is 32.8 Å². The first-order chi connectivity index (χ1) is 11.3. The van der Waals surface area contributed by atoms with Crippen molar-refractivity contribution in [2.45, 2.75) is 20.4 Å². The number of benzene rings is 1. The number of nitrogens with one attached hydrogen (secondary N) is 3. The van der Waals surface area contributed by atoms with E-state index in [2.05, 4.69) is 21.2 Å². The van der Waals surface area contributed by atoms with Gasteiger partial charge in [0.1, 0.15) is 10.8 Å². The van der Waals surface area contributed by atoms with Crippen molar-refractivity contribution in [2.24, 2.45) is 0 Å². The zero-order chi connectivity index (χ0) is 17.9. The van der Waals surface area contributed by atoms with Crippen LogP contribution in [0.1, 0.15) is 19.4 Å². The average Bonchev–Trinajstić information content (AvgIpc) is 2.87.